The molecule has 6 aromatic carbocycles. The Morgan fingerprint density at radius 3 is 2.02 bits per heavy atom. The molecule has 1 amide bonds. The van der Waals surface area contributed by atoms with Crippen LogP contribution in [-0.4, -0.2) is 37.4 Å². The molecule has 0 aliphatic heterocycles. The van der Waals surface area contributed by atoms with E-state index in [2.05, 4.69) is 22.3 Å². The summed E-state index contributed by atoms with van der Waals surface area (Å²) in [5.41, 5.74) is 4.41. The molecule has 0 radical (unpaired) electrons. The number of ether oxygens (including phenoxy) is 1. The smallest absolute Gasteiger partial charge is 0.259 e. The van der Waals surface area contributed by atoms with Gasteiger partial charge in [0.25, 0.3) is 5.91 Å². The molecule has 52 heavy (non-hydrogen) atoms. The van der Waals surface area contributed by atoms with Crippen LogP contribution in [0.2, 0.25) is 5.02 Å². The number of aliphatic hydroxyl groups excluding tert-OH is 1. The third kappa shape index (κ3) is 9.75. The Morgan fingerprint density at radius 2 is 1.35 bits per heavy atom. The van der Waals surface area contributed by atoms with Crippen molar-refractivity contribution in [1.29, 1.82) is 0 Å². The number of anilines is 1. The number of sulfone groups is 1. The number of hydrogen-bond acceptors (Lipinski definition) is 6. The van der Waals surface area contributed by atoms with Gasteiger partial charge in [-0.2, -0.15) is 0 Å². The van der Waals surface area contributed by atoms with Gasteiger partial charge in [0.1, 0.15) is 12.4 Å². The predicted molar refractivity (Wildman–Crippen MR) is 205 cm³/mol. The highest BCUT2D eigenvalue weighted by Crippen LogP contribution is 2.29. The summed E-state index contributed by atoms with van der Waals surface area (Å²) in [6.45, 7) is 1.87. The molecule has 0 bridgehead atoms. The van der Waals surface area contributed by atoms with Gasteiger partial charge in [0.2, 0.25) is 9.84 Å². The molecule has 0 heterocycles. The molecule has 9 heteroatoms. The average molecular weight is 731 g/mol. The molecular weight excluding hydrogens is 692 g/mol. The second-order valence-electron chi connectivity index (χ2n) is 12.4. The molecule has 6 rings (SSSR count). The van der Waals surface area contributed by atoms with Crippen LogP contribution < -0.4 is 10.1 Å². The lowest BCUT2D eigenvalue weighted by Crippen LogP contribution is -2.30. The van der Waals surface area contributed by atoms with Gasteiger partial charge < -0.3 is 15.2 Å². The van der Waals surface area contributed by atoms with Crippen LogP contribution in [0.3, 0.4) is 0 Å². The van der Waals surface area contributed by atoms with Gasteiger partial charge in [0, 0.05) is 30.3 Å². The Morgan fingerprint density at radius 1 is 0.712 bits per heavy atom. The number of carbonyl (C=O) groups is 1. The monoisotopic (exact) mass is 730 g/mol. The van der Waals surface area contributed by atoms with Crippen LogP contribution in [0, 0.1) is 0 Å². The van der Waals surface area contributed by atoms with E-state index < -0.39 is 21.8 Å². The van der Waals surface area contributed by atoms with E-state index in [0.29, 0.717) is 36.8 Å². The van der Waals surface area contributed by atoms with Gasteiger partial charge in [-0.05, 0) is 83.3 Å². The summed E-state index contributed by atoms with van der Waals surface area (Å²) in [4.78, 5) is 15.8. The lowest BCUT2D eigenvalue weighted by atomic mass is 10.1. The van der Waals surface area contributed by atoms with E-state index in [9.17, 15) is 18.3 Å². The fourth-order valence-electron chi connectivity index (χ4n) is 5.83. The van der Waals surface area contributed by atoms with E-state index >= 15 is 0 Å². The molecule has 1 atom stereocenters. The number of nitrogens with zero attached hydrogens (tertiary/aromatic N) is 1. The van der Waals surface area contributed by atoms with Gasteiger partial charge in [0.15, 0.2) is 0 Å². The fourth-order valence-corrected chi connectivity index (χ4v) is 7.32. The first-order chi connectivity index (χ1) is 25.2. The Bertz CT molecular complexity index is 2180. The van der Waals surface area contributed by atoms with Crippen LogP contribution in [-0.2, 0) is 29.4 Å². The standard InChI is InChI=1S/C43H39ClN2O5S/c44-36-16-10-15-35(27-36)41(47)30-46(29-33-11-4-1-5-12-33)26-25-32-19-21-38(22-20-32)52(49,50)39-23-24-42(51-31-34-13-6-2-7-14-34)40(28-39)43(48)45-37-17-8-3-9-18-37/h1-24,27-28,41,47H,25-26,29-31H2,(H,45,48)/t41-/m1/s1. The number of hydrogen-bond donors (Lipinski definition) is 2. The normalized spacial score (nSPS) is 12.0. The minimum atomic E-state index is -3.98. The number of amides is 1. The van der Waals surface area contributed by atoms with Gasteiger partial charge >= 0.3 is 0 Å². The largest absolute Gasteiger partial charge is 0.488 e. The maximum atomic E-state index is 13.9. The molecule has 0 aliphatic rings. The Hall–Kier alpha value is -5.25. The van der Waals surface area contributed by atoms with Crippen molar-refractivity contribution in [2.75, 3.05) is 18.4 Å². The molecule has 264 valence electrons. The lowest BCUT2D eigenvalue weighted by molar-refractivity contribution is 0.102. The maximum Gasteiger partial charge on any atom is 0.259 e. The molecule has 2 N–H and O–H groups in total. The minimum Gasteiger partial charge on any atom is -0.488 e. The van der Waals surface area contributed by atoms with Crippen molar-refractivity contribution in [3.8, 4) is 5.75 Å². The third-order valence-electron chi connectivity index (χ3n) is 8.64. The third-order valence-corrected chi connectivity index (χ3v) is 10.6. The van der Waals surface area contributed by atoms with Crippen LogP contribution >= 0.6 is 11.6 Å². The minimum absolute atomic E-state index is 0.0189. The average Bonchev–Trinajstić information content (AvgIpc) is 3.17. The highest BCUT2D eigenvalue weighted by molar-refractivity contribution is 7.91. The molecule has 7 nitrogen and oxygen atoms in total. The summed E-state index contributed by atoms with van der Waals surface area (Å²) in [6, 6.07) is 47.0. The van der Waals surface area contributed by atoms with E-state index in [-0.39, 0.29) is 27.7 Å². The highest BCUT2D eigenvalue weighted by atomic mass is 35.5. The number of rotatable bonds is 15. The molecule has 0 aromatic heterocycles. The molecule has 0 fully saturated rings. The number of para-hydroxylation sites is 1. The fraction of sp³-hybridized carbons (Fsp3) is 0.140. The van der Waals surface area contributed by atoms with Gasteiger partial charge in [0.05, 0.1) is 21.5 Å². The molecule has 0 saturated carbocycles. The second-order valence-corrected chi connectivity index (χ2v) is 14.8. The maximum absolute atomic E-state index is 13.9. The van der Waals surface area contributed by atoms with Crippen molar-refractivity contribution in [3.63, 3.8) is 0 Å². The number of carbonyl (C=O) groups excluding carboxylic acids is 1. The zero-order valence-corrected chi connectivity index (χ0v) is 30.0. The van der Waals surface area contributed by atoms with E-state index in [1.54, 1.807) is 60.7 Å². The highest BCUT2D eigenvalue weighted by Gasteiger charge is 2.23. The van der Waals surface area contributed by atoms with Gasteiger partial charge in [-0.15, -0.1) is 0 Å². The Labute approximate surface area is 310 Å². The van der Waals surface area contributed by atoms with Crippen molar-refractivity contribution in [2.45, 2.75) is 35.5 Å². The Balaban J connectivity index is 1.19. The van der Waals surface area contributed by atoms with Crippen molar-refractivity contribution in [1.82, 2.24) is 4.90 Å². The number of aliphatic hydroxyl groups is 1. The zero-order valence-electron chi connectivity index (χ0n) is 28.4. The van der Waals surface area contributed by atoms with Crippen molar-refractivity contribution < 1.29 is 23.1 Å². The van der Waals surface area contributed by atoms with Crippen LogP contribution in [0.5, 0.6) is 5.75 Å². The SMILES string of the molecule is O=C(Nc1ccccc1)c1cc(S(=O)(=O)c2ccc(CCN(Cc3ccccc3)C[C@@H](O)c3cccc(Cl)c3)cc2)ccc1OCc1ccccc1. The first kappa shape index (κ1) is 36.5. The quantitative estimate of drug-likeness (QED) is 0.110. The first-order valence-corrected chi connectivity index (χ1v) is 18.8. The summed E-state index contributed by atoms with van der Waals surface area (Å²) in [6.07, 6.45) is -0.100. The number of benzene rings is 6. The summed E-state index contributed by atoms with van der Waals surface area (Å²) in [7, 11) is -3.98. The molecule has 0 unspecified atom stereocenters. The van der Waals surface area contributed by atoms with Crippen molar-refractivity contribution >= 4 is 33.0 Å². The van der Waals surface area contributed by atoms with Crippen molar-refractivity contribution in [3.05, 3.63) is 191 Å². The zero-order chi connectivity index (χ0) is 36.3. The molecular formula is C43H39ClN2O5S. The van der Waals surface area contributed by atoms with Crippen LogP contribution in [0.1, 0.15) is 38.7 Å². The van der Waals surface area contributed by atoms with Gasteiger partial charge in [-0.3, -0.25) is 9.69 Å². The van der Waals surface area contributed by atoms with Crippen molar-refractivity contribution in [2.24, 2.45) is 0 Å². The first-order valence-electron chi connectivity index (χ1n) is 17.0. The summed E-state index contributed by atoms with van der Waals surface area (Å²) < 4.78 is 33.8. The van der Waals surface area contributed by atoms with E-state index in [4.69, 9.17) is 16.3 Å². The molecule has 6 aromatic rings. The lowest BCUT2D eigenvalue weighted by Gasteiger charge is -2.25. The summed E-state index contributed by atoms with van der Waals surface area (Å²) in [5.74, 6) is -0.214. The van der Waals surface area contributed by atoms with E-state index in [1.165, 1.54) is 18.2 Å². The summed E-state index contributed by atoms with van der Waals surface area (Å²) in [5, 5.41) is 14.5. The van der Waals surface area contributed by atoms with Gasteiger partial charge in [-0.1, -0.05) is 115 Å². The van der Waals surface area contributed by atoms with E-state index in [1.807, 2.05) is 66.7 Å². The van der Waals surface area contributed by atoms with Gasteiger partial charge in [-0.25, -0.2) is 8.42 Å². The molecule has 0 saturated heterocycles. The van der Waals surface area contributed by atoms with Crippen LogP contribution in [0.15, 0.2) is 168 Å². The summed E-state index contributed by atoms with van der Waals surface area (Å²) >= 11 is 6.18. The van der Waals surface area contributed by atoms with Crippen LogP contribution in [0.25, 0.3) is 0 Å². The van der Waals surface area contributed by atoms with Crippen LogP contribution in [0.4, 0.5) is 5.69 Å². The number of nitrogens with one attached hydrogen (secondary N) is 1. The molecule has 0 aliphatic carbocycles. The number of halogens is 1. The second kappa shape index (κ2) is 17.3. The van der Waals surface area contributed by atoms with E-state index in [0.717, 1.165) is 22.3 Å². The Kier molecular flexibility index (Phi) is 12.2. The topological polar surface area (TPSA) is 95.9 Å². The predicted octanol–water partition coefficient (Wildman–Crippen LogP) is 8.78. The molecule has 0 spiro atoms.